The first-order chi connectivity index (χ1) is 13.2. The molecule has 28 heavy (non-hydrogen) atoms. The molecule has 2 rings (SSSR count). The van der Waals surface area contributed by atoms with E-state index < -0.39 is 27.8 Å². The van der Waals surface area contributed by atoms with Gasteiger partial charge in [-0.3, -0.25) is 14.4 Å². The van der Waals surface area contributed by atoms with Crippen LogP contribution in [0.4, 0.5) is 15.2 Å². The monoisotopic (exact) mass is 464 g/mol. The third-order valence-corrected chi connectivity index (χ3v) is 6.89. The van der Waals surface area contributed by atoms with Crippen LogP contribution in [0.5, 0.6) is 0 Å². The number of sulfonamides is 1. The molecular weight excluding hydrogens is 447 g/mol. The number of halogens is 2. The van der Waals surface area contributed by atoms with Crippen LogP contribution >= 0.6 is 34.7 Å². The van der Waals surface area contributed by atoms with Gasteiger partial charge < -0.3 is 0 Å². The molecule has 0 fully saturated rings. The zero-order chi connectivity index (χ0) is 20.9. The SMILES string of the molecule is C=CCSc1nnc(NC(=O)C(CC)N(c2ccc(F)c(Cl)c2)S(C)(=O)=O)s1. The highest BCUT2D eigenvalue weighted by atomic mass is 35.5. The molecular formula is C16H18ClFN4O3S3. The molecule has 152 valence electrons. The van der Waals surface area contributed by atoms with Crippen LogP contribution in [0.2, 0.25) is 5.02 Å². The fourth-order valence-corrected chi connectivity index (χ4v) is 5.21. The summed E-state index contributed by atoms with van der Waals surface area (Å²) in [5.74, 6) is -0.618. The number of thioether (sulfide) groups is 1. The minimum atomic E-state index is -3.86. The van der Waals surface area contributed by atoms with Crippen molar-refractivity contribution in [2.75, 3.05) is 21.6 Å². The number of carbonyl (C=O) groups excluding carboxylic acids is 1. The van der Waals surface area contributed by atoms with E-state index in [1.54, 1.807) is 13.0 Å². The van der Waals surface area contributed by atoms with Gasteiger partial charge in [0.25, 0.3) is 0 Å². The molecule has 1 aromatic carbocycles. The van der Waals surface area contributed by atoms with E-state index in [1.807, 2.05) is 0 Å². The number of anilines is 2. The van der Waals surface area contributed by atoms with E-state index in [9.17, 15) is 17.6 Å². The topological polar surface area (TPSA) is 92.3 Å². The second-order valence-corrected chi connectivity index (χ2v) is 10.1. The summed E-state index contributed by atoms with van der Waals surface area (Å²) in [5.41, 5.74) is 0.0930. The van der Waals surface area contributed by atoms with Crippen molar-refractivity contribution in [2.24, 2.45) is 0 Å². The van der Waals surface area contributed by atoms with Gasteiger partial charge in [-0.15, -0.1) is 16.8 Å². The lowest BCUT2D eigenvalue weighted by Crippen LogP contribution is -2.47. The molecule has 1 N–H and O–H groups in total. The maximum absolute atomic E-state index is 13.5. The molecule has 0 aliphatic heterocycles. The van der Waals surface area contributed by atoms with Crippen molar-refractivity contribution >= 4 is 61.4 Å². The van der Waals surface area contributed by atoms with Gasteiger partial charge in [-0.1, -0.05) is 47.7 Å². The molecule has 2 aromatic rings. The summed E-state index contributed by atoms with van der Waals surface area (Å²) in [6.45, 7) is 5.28. The summed E-state index contributed by atoms with van der Waals surface area (Å²) in [4.78, 5) is 12.8. The summed E-state index contributed by atoms with van der Waals surface area (Å²) < 4.78 is 39.8. The van der Waals surface area contributed by atoms with Crippen LogP contribution in [0.1, 0.15) is 13.3 Å². The fraction of sp³-hybridized carbons (Fsp3) is 0.312. The Morgan fingerprint density at radius 2 is 2.21 bits per heavy atom. The first kappa shape index (κ1) is 22.6. The molecule has 0 saturated heterocycles. The van der Waals surface area contributed by atoms with Gasteiger partial charge in [0.2, 0.25) is 21.1 Å². The number of amides is 1. The molecule has 0 aliphatic rings. The zero-order valence-electron chi connectivity index (χ0n) is 15.1. The highest BCUT2D eigenvalue weighted by Gasteiger charge is 2.32. The van der Waals surface area contributed by atoms with Gasteiger partial charge in [0, 0.05) is 5.75 Å². The lowest BCUT2D eigenvalue weighted by molar-refractivity contribution is -0.117. The number of aromatic nitrogens is 2. The number of rotatable bonds is 9. The van der Waals surface area contributed by atoms with Crippen LogP contribution in [0.25, 0.3) is 0 Å². The highest BCUT2D eigenvalue weighted by Crippen LogP contribution is 2.29. The maximum atomic E-state index is 13.5. The van der Waals surface area contributed by atoms with E-state index in [0.29, 0.717) is 10.1 Å². The molecule has 7 nitrogen and oxygen atoms in total. The van der Waals surface area contributed by atoms with E-state index in [2.05, 4.69) is 22.1 Å². The van der Waals surface area contributed by atoms with Gasteiger partial charge in [0.05, 0.1) is 17.0 Å². The number of hydrogen-bond acceptors (Lipinski definition) is 7. The van der Waals surface area contributed by atoms with Crippen LogP contribution in [0, 0.1) is 5.82 Å². The number of nitrogens with one attached hydrogen (secondary N) is 1. The Bertz CT molecular complexity index is 968. The third kappa shape index (κ3) is 5.66. The molecule has 1 heterocycles. The lowest BCUT2D eigenvalue weighted by Gasteiger charge is -2.29. The van der Waals surface area contributed by atoms with E-state index >= 15 is 0 Å². The molecule has 0 bridgehead atoms. The Hall–Kier alpha value is -1.69. The second-order valence-electron chi connectivity index (χ2n) is 5.54. The molecule has 0 radical (unpaired) electrons. The molecule has 0 saturated carbocycles. The van der Waals surface area contributed by atoms with Gasteiger partial charge in [0.1, 0.15) is 11.9 Å². The van der Waals surface area contributed by atoms with Crippen LogP contribution in [0.3, 0.4) is 0 Å². The molecule has 0 spiro atoms. The summed E-state index contributed by atoms with van der Waals surface area (Å²) in [6.07, 6.45) is 2.86. The Labute approximate surface area is 176 Å². The van der Waals surface area contributed by atoms with Crippen molar-refractivity contribution in [3.05, 3.63) is 41.7 Å². The largest absolute Gasteiger partial charge is 0.299 e. The molecule has 1 unspecified atom stereocenters. The van der Waals surface area contributed by atoms with Crippen LogP contribution in [-0.4, -0.2) is 42.6 Å². The number of nitrogens with zero attached hydrogens (tertiary/aromatic N) is 3. The molecule has 12 heteroatoms. The van der Waals surface area contributed by atoms with Gasteiger partial charge >= 0.3 is 0 Å². The Morgan fingerprint density at radius 3 is 2.79 bits per heavy atom. The Morgan fingerprint density at radius 1 is 1.50 bits per heavy atom. The molecule has 1 aromatic heterocycles. The third-order valence-electron chi connectivity index (χ3n) is 3.45. The summed E-state index contributed by atoms with van der Waals surface area (Å²) in [5, 5.41) is 10.4. The zero-order valence-corrected chi connectivity index (χ0v) is 18.3. The number of carbonyl (C=O) groups is 1. The summed E-state index contributed by atoms with van der Waals surface area (Å²) in [6, 6.07) is 2.40. The Kier molecular flexibility index (Phi) is 7.81. The lowest BCUT2D eigenvalue weighted by atomic mass is 10.2. The smallest absolute Gasteiger partial charge is 0.250 e. The van der Waals surface area contributed by atoms with Crippen LogP contribution in [0.15, 0.2) is 35.2 Å². The molecule has 1 atom stereocenters. The average molecular weight is 465 g/mol. The molecule has 0 aliphatic carbocycles. The maximum Gasteiger partial charge on any atom is 0.250 e. The minimum absolute atomic E-state index is 0.0930. The first-order valence-electron chi connectivity index (χ1n) is 7.99. The minimum Gasteiger partial charge on any atom is -0.299 e. The van der Waals surface area contributed by atoms with Crippen molar-refractivity contribution in [1.82, 2.24) is 10.2 Å². The van der Waals surface area contributed by atoms with Gasteiger partial charge in [-0.2, -0.15) is 0 Å². The van der Waals surface area contributed by atoms with Crippen molar-refractivity contribution < 1.29 is 17.6 Å². The standard InChI is InChI=1S/C16H18ClFN4O3S3/c1-4-8-26-16-21-20-15(27-16)19-14(23)13(5-2)22(28(3,24)25)10-6-7-12(18)11(17)9-10/h4,6-7,9,13H,1,5,8H2,2-3H3,(H,19,20,23). The fourth-order valence-electron chi connectivity index (χ4n) is 2.32. The quantitative estimate of drug-likeness (QED) is 0.345. The summed E-state index contributed by atoms with van der Waals surface area (Å²) >= 11 is 8.37. The van der Waals surface area contributed by atoms with E-state index in [1.165, 1.54) is 35.2 Å². The van der Waals surface area contributed by atoms with Crippen molar-refractivity contribution in [1.29, 1.82) is 0 Å². The van der Waals surface area contributed by atoms with Crippen LogP contribution < -0.4 is 9.62 Å². The van der Waals surface area contributed by atoms with E-state index in [0.717, 1.165) is 16.6 Å². The molecule has 1 amide bonds. The first-order valence-corrected chi connectivity index (χ1v) is 12.0. The van der Waals surface area contributed by atoms with Gasteiger partial charge in [0.15, 0.2) is 4.34 Å². The summed E-state index contributed by atoms with van der Waals surface area (Å²) in [7, 11) is -3.86. The number of benzene rings is 1. The predicted molar refractivity (Wildman–Crippen MR) is 112 cm³/mol. The van der Waals surface area contributed by atoms with E-state index in [-0.39, 0.29) is 22.3 Å². The number of hydrogen-bond donors (Lipinski definition) is 1. The van der Waals surface area contributed by atoms with Gasteiger partial charge in [-0.05, 0) is 24.6 Å². The van der Waals surface area contributed by atoms with E-state index in [4.69, 9.17) is 11.6 Å². The van der Waals surface area contributed by atoms with Crippen molar-refractivity contribution in [2.45, 2.75) is 23.7 Å². The normalized spacial score (nSPS) is 12.4. The Balaban J connectivity index is 2.29. The van der Waals surface area contributed by atoms with Crippen LogP contribution in [-0.2, 0) is 14.8 Å². The van der Waals surface area contributed by atoms with Gasteiger partial charge in [-0.25, -0.2) is 12.8 Å². The second kappa shape index (κ2) is 9.68. The highest BCUT2D eigenvalue weighted by molar-refractivity contribution is 8.01. The van der Waals surface area contributed by atoms with Crippen molar-refractivity contribution in [3.8, 4) is 0 Å². The average Bonchev–Trinajstić information content (AvgIpc) is 3.06. The predicted octanol–water partition coefficient (Wildman–Crippen LogP) is 3.79. The van der Waals surface area contributed by atoms with Crippen molar-refractivity contribution in [3.63, 3.8) is 0 Å².